The molecule has 4 rings (SSSR count). The molecule has 1 saturated carbocycles. The number of benzene rings is 1. The minimum Gasteiger partial charge on any atom is -0.478 e. The average Bonchev–Trinajstić information content (AvgIpc) is 2.80. The number of pyridine rings is 1. The molecule has 166 valence electrons. The van der Waals surface area contributed by atoms with E-state index in [4.69, 9.17) is 4.74 Å². The molecular weight excluding hydrogens is 418 g/mol. The molecule has 9 heteroatoms. The van der Waals surface area contributed by atoms with Crippen LogP contribution in [0, 0.1) is 0 Å². The van der Waals surface area contributed by atoms with E-state index in [2.05, 4.69) is 9.71 Å². The van der Waals surface area contributed by atoms with E-state index in [9.17, 15) is 18.3 Å². The van der Waals surface area contributed by atoms with Gasteiger partial charge in [0.2, 0.25) is 0 Å². The largest absolute Gasteiger partial charge is 0.478 e. The number of aromatic carboxylic acids is 1. The SMILES string of the molecule is O=C(O)c1cc(NS(=O)(=O)c2ccc(C3CCCCC3)cc2)cnc1N1CCOCC1. The van der Waals surface area contributed by atoms with Gasteiger partial charge >= 0.3 is 5.97 Å². The number of carboxylic acids is 1. The van der Waals surface area contributed by atoms with Crippen molar-refractivity contribution in [2.24, 2.45) is 0 Å². The van der Waals surface area contributed by atoms with Crippen molar-refractivity contribution in [2.45, 2.75) is 42.9 Å². The third kappa shape index (κ3) is 4.99. The molecule has 1 aliphatic carbocycles. The van der Waals surface area contributed by atoms with E-state index in [0.717, 1.165) is 12.8 Å². The number of morpholine rings is 1. The molecule has 2 N–H and O–H groups in total. The minimum atomic E-state index is -3.86. The van der Waals surface area contributed by atoms with Gasteiger partial charge in [-0.2, -0.15) is 0 Å². The minimum absolute atomic E-state index is 0.0465. The highest BCUT2D eigenvalue weighted by molar-refractivity contribution is 7.92. The van der Waals surface area contributed by atoms with Crippen LogP contribution < -0.4 is 9.62 Å². The maximum atomic E-state index is 12.8. The van der Waals surface area contributed by atoms with Crippen molar-refractivity contribution in [1.82, 2.24) is 4.98 Å². The summed E-state index contributed by atoms with van der Waals surface area (Å²) in [7, 11) is -3.86. The molecular formula is C22H27N3O5S. The Labute approximate surface area is 182 Å². The van der Waals surface area contributed by atoms with Crippen molar-refractivity contribution in [3.8, 4) is 0 Å². The molecule has 0 spiro atoms. The molecule has 31 heavy (non-hydrogen) atoms. The Balaban J connectivity index is 1.53. The van der Waals surface area contributed by atoms with Crippen molar-refractivity contribution in [3.05, 3.63) is 47.7 Å². The van der Waals surface area contributed by atoms with Crippen LogP contribution in [0.15, 0.2) is 41.4 Å². The zero-order chi connectivity index (χ0) is 21.8. The van der Waals surface area contributed by atoms with Crippen molar-refractivity contribution in [2.75, 3.05) is 35.9 Å². The summed E-state index contributed by atoms with van der Waals surface area (Å²) in [5.41, 5.74) is 1.24. The fraction of sp³-hybridized carbons (Fsp3) is 0.455. The van der Waals surface area contributed by atoms with Crippen LogP contribution in [0.25, 0.3) is 0 Å². The molecule has 8 nitrogen and oxygen atoms in total. The Morgan fingerprint density at radius 3 is 2.42 bits per heavy atom. The highest BCUT2D eigenvalue weighted by atomic mass is 32.2. The number of anilines is 2. The topological polar surface area (TPSA) is 109 Å². The smallest absolute Gasteiger partial charge is 0.339 e. The van der Waals surface area contributed by atoms with E-state index in [0.29, 0.717) is 38.0 Å². The summed E-state index contributed by atoms with van der Waals surface area (Å²) >= 11 is 0. The van der Waals surface area contributed by atoms with Crippen molar-refractivity contribution >= 4 is 27.5 Å². The second-order valence-electron chi connectivity index (χ2n) is 8.01. The van der Waals surface area contributed by atoms with Gasteiger partial charge in [-0.3, -0.25) is 4.72 Å². The maximum absolute atomic E-state index is 12.8. The van der Waals surface area contributed by atoms with Gasteiger partial charge in [0.25, 0.3) is 10.0 Å². The third-order valence-electron chi connectivity index (χ3n) is 5.93. The normalized spacial score (nSPS) is 18.0. The van der Waals surface area contributed by atoms with Crippen molar-refractivity contribution < 1.29 is 23.1 Å². The van der Waals surface area contributed by atoms with E-state index in [1.807, 2.05) is 17.0 Å². The molecule has 2 aromatic rings. The first kappa shape index (κ1) is 21.6. The molecule has 0 bridgehead atoms. The van der Waals surface area contributed by atoms with Crippen LogP contribution in [0.4, 0.5) is 11.5 Å². The molecule has 0 atom stereocenters. The highest BCUT2D eigenvalue weighted by Crippen LogP contribution is 2.33. The number of nitrogens with one attached hydrogen (secondary N) is 1. The molecule has 1 aromatic heterocycles. The first-order valence-corrected chi connectivity index (χ1v) is 12.1. The highest BCUT2D eigenvalue weighted by Gasteiger charge is 2.23. The molecule has 1 saturated heterocycles. The molecule has 0 radical (unpaired) electrons. The number of hydrogen-bond acceptors (Lipinski definition) is 6. The van der Waals surface area contributed by atoms with Crippen LogP contribution in [0.1, 0.15) is 53.9 Å². The van der Waals surface area contributed by atoms with E-state index >= 15 is 0 Å². The van der Waals surface area contributed by atoms with E-state index in [1.54, 1.807) is 12.1 Å². The number of aromatic nitrogens is 1. The van der Waals surface area contributed by atoms with E-state index in [-0.39, 0.29) is 16.1 Å². The lowest BCUT2D eigenvalue weighted by Crippen LogP contribution is -2.37. The number of nitrogens with zero attached hydrogens (tertiary/aromatic N) is 2. The van der Waals surface area contributed by atoms with Crippen LogP contribution in [0.5, 0.6) is 0 Å². The molecule has 1 aromatic carbocycles. The van der Waals surface area contributed by atoms with Gasteiger partial charge in [-0.15, -0.1) is 0 Å². The number of rotatable bonds is 6. The maximum Gasteiger partial charge on any atom is 0.339 e. The monoisotopic (exact) mass is 445 g/mol. The Kier molecular flexibility index (Phi) is 6.43. The first-order valence-electron chi connectivity index (χ1n) is 10.6. The van der Waals surface area contributed by atoms with Gasteiger partial charge in [-0.05, 0) is 42.5 Å². The van der Waals surface area contributed by atoms with Gasteiger partial charge in [-0.1, -0.05) is 31.4 Å². The number of sulfonamides is 1. The van der Waals surface area contributed by atoms with Gasteiger partial charge in [-0.25, -0.2) is 18.2 Å². The van der Waals surface area contributed by atoms with Crippen LogP contribution in [-0.4, -0.2) is 50.8 Å². The predicted molar refractivity (Wildman–Crippen MR) is 117 cm³/mol. The van der Waals surface area contributed by atoms with Gasteiger partial charge in [0.05, 0.1) is 30.0 Å². The lowest BCUT2D eigenvalue weighted by molar-refractivity contribution is 0.0696. The fourth-order valence-corrected chi connectivity index (χ4v) is 5.30. The summed E-state index contributed by atoms with van der Waals surface area (Å²) in [6, 6.07) is 8.30. The number of carboxylic acid groups (broad SMARTS) is 1. The molecule has 1 aliphatic heterocycles. The van der Waals surface area contributed by atoms with Crippen LogP contribution in [-0.2, 0) is 14.8 Å². The first-order chi connectivity index (χ1) is 14.9. The second-order valence-corrected chi connectivity index (χ2v) is 9.69. The second kappa shape index (κ2) is 9.23. The molecule has 2 aliphatic rings. The lowest BCUT2D eigenvalue weighted by Gasteiger charge is -2.28. The predicted octanol–water partition coefficient (Wildman–Crippen LogP) is 3.46. The van der Waals surface area contributed by atoms with E-state index in [1.165, 1.54) is 37.1 Å². The number of ether oxygens (including phenoxy) is 1. The summed E-state index contributed by atoms with van der Waals surface area (Å²) in [5.74, 6) is -0.351. The Hall–Kier alpha value is -2.65. The molecule has 2 fully saturated rings. The summed E-state index contributed by atoms with van der Waals surface area (Å²) in [4.78, 5) is 18.0. The van der Waals surface area contributed by atoms with Crippen LogP contribution >= 0.6 is 0 Å². The summed E-state index contributed by atoms with van der Waals surface area (Å²) in [5, 5.41) is 9.62. The van der Waals surface area contributed by atoms with E-state index < -0.39 is 16.0 Å². The standard InChI is InChI=1S/C22H27N3O5S/c26-22(27)20-14-18(15-23-21(20)25-10-12-30-13-11-25)24-31(28,29)19-8-6-17(7-9-19)16-4-2-1-3-5-16/h6-9,14-16,24H,1-5,10-13H2,(H,26,27). The van der Waals surface area contributed by atoms with Gasteiger partial charge < -0.3 is 14.7 Å². The van der Waals surface area contributed by atoms with Gasteiger partial charge in [0, 0.05) is 13.1 Å². The quantitative estimate of drug-likeness (QED) is 0.701. The van der Waals surface area contributed by atoms with Crippen LogP contribution in [0.2, 0.25) is 0 Å². The Morgan fingerprint density at radius 2 is 1.77 bits per heavy atom. The molecule has 0 unspecified atom stereocenters. The number of hydrogen-bond donors (Lipinski definition) is 2. The number of carbonyl (C=O) groups is 1. The fourth-order valence-electron chi connectivity index (χ4n) is 4.27. The third-order valence-corrected chi connectivity index (χ3v) is 7.32. The molecule has 2 heterocycles. The average molecular weight is 446 g/mol. The molecule has 0 amide bonds. The van der Waals surface area contributed by atoms with Crippen molar-refractivity contribution in [1.29, 1.82) is 0 Å². The summed E-state index contributed by atoms with van der Waals surface area (Å²) in [6.45, 7) is 2.05. The zero-order valence-electron chi connectivity index (χ0n) is 17.3. The van der Waals surface area contributed by atoms with Gasteiger partial charge in [0.15, 0.2) is 0 Å². The summed E-state index contributed by atoms with van der Waals surface area (Å²) < 4.78 is 33.4. The van der Waals surface area contributed by atoms with Crippen LogP contribution in [0.3, 0.4) is 0 Å². The Morgan fingerprint density at radius 1 is 1.10 bits per heavy atom. The lowest BCUT2D eigenvalue weighted by atomic mass is 9.84. The zero-order valence-corrected chi connectivity index (χ0v) is 18.1. The summed E-state index contributed by atoms with van der Waals surface area (Å²) in [6.07, 6.45) is 7.33. The Bertz CT molecular complexity index is 1030. The van der Waals surface area contributed by atoms with Crippen molar-refractivity contribution in [3.63, 3.8) is 0 Å². The van der Waals surface area contributed by atoms with Gasteiger partial charge in [0.1, 0.15) is 11.4 Å².